The molecular weight excluding hydrogens is 366 g/mol. The fourth-order valence-electron chi connectivity index (χ4n) is 3.99. The van der Waals surface area contributed by atoms with E-state index in [1.54, 1.807) is 4.90 Å². The summed E-state index contributed by atoms with van der Waals surface area (Å²) in [6.07, 6.45) is 1.81. The van der Waals surface area contributed by atoms with Gasteiger partial charge in [-0.3, -0.25) is 9.59 Å². The fourth-order valence-corrected chi connectivity index (χ4v) is 3.99. The summed E-state index contributed by atoms with van der Waals surface area (Å²) in [5.74, 6) is 0.181. The zero-order chi connectivity index (χ0) is 20.9. The molecule has 3 rings (SSSR count). The number of hydrogen-bond acceptors (Lipinski definition) is 3. The van der Waals surface area contributed by atoms with Gasteiger partial charge in [-0.25, -0.2) is 0 Å². The first-order chi connectivity index (χ1) is 14.0. The number of para-hydroxylation sites is 1. The van der Waals surface area contributed by atoms with Crippen molar-refractivity contribution in [2.75, 3.05) is 19.7 Å². The molecule has 1 aliphatic rings. The average molecular weight is 395 g/mol. The molecule has 1 atom stereocenters. The van der Waals surface area contributed by atoms with Crippen molar-refractivity contribution >= 4 is 11.9 Å². The Balaban J connectivity index is 1.63. The lowest BCUT2D eigenvalue weighted by Gasteiger charge is -2.39. The van der Waals surface area contributed by atoms with Crippen molar-refractivity contribution in [1.29, 1.82) is 0 Å². The summed E-state index contributed by atoms with van der Waals surface area (Å²) in [6.45, 7) is 5.07. The minimum atomic E-state index is -0.929. The first-order valence-corrected chi connectivity index (χ1v) is 10.3. The van der Waals surface area contributed by atoms with Gasteiger partial charge < -0.3 is 14.7 Å². The number of piperidine rings is 1. The van der Waals surface area contributed by atoms with Gasteiger partial charge in [0.25, 0.3) is 5.91 Å². The Morgan fingerprint density at radius 1 is 1.07 bits per heavy atom. The summed E-state index contributed by atoms with van der Waals surface area (Å²) in [4.78, 5) is 26.5. The molecule has 1 amide bonds. The molecule has 0 aliphatic carbocycles. The molecule has 0 aromatic heterocycles. The first kappa shape index (κ1) is 20.9. The summed E-state index contributed by atoms with van der Waals surface area (Å²) < 4.78 is 5.85. The van der Waals surface area contributed by atoms with Crippen LogP contribution in [0.3, 0.4) is 0 Å². The highest BCUT2D eigenvalue weighted by Crippen LogP contribution is 2.36. The standard InChI is InChI=1S/C24H29NO4/c1-3-18(2)20-11-7-8-12-21(20)29-17-22(26)25-15-13-24(14-16-25,23(27)28)19-9-5-4-6-10-19/h4-12,18H,3,13-17H2,1-2H3,(H,27,28). The number of carbonyl (C=O) groups excluding carboxylic acids is 1. The van der Waals surface area contributed by atoms with Crippen LogP contribution in [-0.2, 0) is 15.0 Å². The lowest BCUT2D eigenvalue weighted by Crippen LogP contribution is -2.50. The van der Waals surface area contributed by atoms with E-state index >= 15 is 0 Å². The second kappa shape index (κ2) is 9.12. The van der Waals surface area contributed by atoms with Gasteiger partial charge in [0.1, 0.15) is 5.75 Å². The summed E-state index contributed by atoms with van der Waals surface area (Å²) in [5.41, 5.74) is 0.982. The Morgan fingerprint density at radius 3 is 2.31 bits per heavy atom. The van der Waals surface area contributed by atoms with Gasteiger partial charge in [-0.1, -0.05) is 62.4 Å². The molecule has 0 spiro atoms. The maximum Gasteiger partial charge on any atom is 0.314 e. The van der Waals surface area contributed by atoms with Crippen molar-refractivity contribution in [3.8, 4) is 5.75 Å². The van der Waals surface area contributed by atoms with Gasteiger partial charge in [-0.2, -0.15) is 0 Å². The Labute approximate surface area is 172 Å². The molecule has 1 saturated heterocycles. The van der Waals surface area contributed by atoms with Crippen LogP contribution >= 0.6 is 0 Å². The third-order valence-corrected chi connectivity index (χ3v) is 6.12. The zero-order valence-electron chi connectivity index (χ0n) is 17.1. The molecule has 5 heteroatoms. The molecule has 1 N–H and O–H groups in total. The lowest BCUT2D eigenvalue weighted by molar-refractivity contribution is -0.148. The third-order valence-electron chi connectivity index (χ3n) is 6.12. The number of carbonyl (C=O) groups is 2. The normalized spacial score (nSPS) is 16.8. The summed E-state index contributed by atoms with van der Waals surface area (Å²) in [6, 6.07) is 17.2. The van der Waals surface area contributed by atoms with Crippen molar-refractivity contribution in [2.45, 2.75) is 44.4 Å². The molecule has 5 nitrogen and oxygen atoms in total. The molecule has 2 aromatic rings. The molecule has 2 aromatic carbocycles. The SMILES string of the molecule is CCC(C)c1ccccc1OCC(=O)N1CCC(C(=O)O)(c2ccccc2)CC1. The average Bonchev–Trinajstić information content (AvgIpc) is 2.77. The number of hydrogen-bond donors (Lipinski definition) is 1. The van der Waals surface area contributed by atoms with Crippen LogP contribution in [0.25, 0.3) is 0 Å². The number of benzene rings is 2. The van der Waals surface area contributed by atoms with Gasteiger partial charge in [0.15, 0.2) is 6.61 Å². The summed E-state index contributed by atoms with van der Waals surface area (Å²) >= 11 is 0. The Morgan fingerprint density at radius 2 is 1.69 bits per heavy atom. The van der Waals surface area contributed by atoms with Crippen LogP contribution in [0.15, 0.2) is 54.6 Å². The second-order valence-corrected chi connectivity index (χ2v) is 7.77. The van der Waals surface area contributed by atoms with Gasteiger partial charge in [0.2, 0.25) is 0 Å². The van der Waals surface area contributed by atoms with E-state index in [1.165, 1.54) is 0 Å². The number of nitrogens with zero attached hydrogens (tertiary/aromatic N) is 1. The van der Waals surface area contributed by atoms with Crippen LogP contribution in [0, 0.1) is 0 Å². The quantitative estimate of drug-likeness (QED) is 0.762. The van der Waals surface area contributed by atoms with E-state index in [9.17, 15) is 14.7 Å². The Kier molecular flexibility index (Phi) is 6.57. The minimum Gasteiger partial charge on any atom is -0.483 e. The van der Waals surface area contributed by atoms with E-state index in [1.807, 2.05) is 54.6 Å². The van der Waals surface area contributed by atoms with Crippen molar-refractivity contribution in [1.82, 2.24) is 4.90 Å². The number of carboxylic acids is 1. The van der Waals surface area contributed by atoms with Crippen LogP contribution < -0.4 is 4.74 Å². The van der Waals surface area contributed by atoms with Crippen LogP contribution in [-0.4, -0.2) is 41.6 Å². The van der Waals surface area contributed by atoms with Crippen molar-refractivity contribution in [3.63, 3.8) is 0 Å². The van der Waals surface area contributed by atoms with Gasteiger partial charge >= 0.3 is 5.97 Å². The van der Waals surface area contributed by atoms with Crippen LogP contribution in [0.4, 0.5) is 0 Å². The van der Waals surface area contributed by atoms with Gasteiger partial charge in [-0.05, 0) is 42.4 Å². The molecule has 1 aliphatic heterocycles. The zero-order valence-corrected chi connectivity index (χ0v) is 17.1. The number of amides is 1. The number of likely N-dealkylation sites (tertiary alicyclic amines) is 1. The maximum absolute atomic E-state index is 12.7. The molecule has 0 bridgehead atoms. The van der Waals surface area contributed by atoms with Gasteiger partial charge in [-0.15, -0.1) is 0 Å². The number of rotatable bonds is 7. The van der Waals surface area contributed by atoms with E-state index < -0.39 is 11.4 Å². The van der Waals surface area contributed by atoms with Crippen molar-refractivity contribution in [3.05, 3.63) is 65.7 Å². The van der Waals surface area contributed by atoms with E-state index in [0.717, 1.165) is 23.3 Å². The predicted octanol–water partition coefficient (Wildman–Crippen LogP) is 4.22. The van der Waals surface area contributed by atoms with Gasteiger partial charge in [0, 0.05) is 13.1 Å². The number of aliphatic carboxylic acids is 1. The number of carboxylic acid groups (broad SMARTS) is 1. The van der Waals surface area contributed by atoms with Crippen LogP contribution in [0.1, 0.15) is 50.2 Å². The smallest absolute Gasteiger partial charge is 0.314 e. The molecule has 29 heavy (non-hydrogen) atoms. The molecule has 154 valence electrons. The van der Waals surface area contributed by atoms with Crippen molar-refractivity contribution in [2.24, 2.45) is 0 Å². The lowest BCUT2D eigenvalue weighted by atomic mass is 9.73. The first-order valence-electron chi connectivity index (χ1n) is 10.3. The van der Waals surface area contributed by atoms with E-state index in [0.29, 0.717) is 31.8 Å². The largest absolute Gasteiger partial charge is 0.483 e. The molecule has 1 unspecified atom stereocenters. The molecular formula is C24H29NO4. The van der Waals surface area contributed by atoms with Crippen LogP contribution in [0.5, 0.6) is 5.75 Å². The van der Waals surface area contributed by atoms with E-state index in [2.05, 4.69) is 13.8 Å². The highest BCUT2D eigenvalue weighted by Gasteiger charge is 2.43. The molecule has 0 radical (unpaired) electrons. The molecule has 0 saturated carbocycles. The molecule has 1 heterocycles. The molecule has 1 fully saturated rings. The second-order valence-electron chi connectivity index (χ2n) is 7.77. The van der Waals surface area contributed by atoms with Crippen LogP contribution in [0.2, 0.25) is 0 Å². The number of ether oxygens (including phenoxy) is 1. The van der Waals surface area contributed by atoms with E-state index in [4.69, 9.17) is 4.74 Å². The maximum atomic E-state index is 12.7. The fraction of sp³-hybridized carbons (Fsp3) is 0.417. The van der Waals surface area contributed by atoms with Crippen molar-refractivity contribution < 1.29 is 19.4 Å². The third kappa shape index (κ3) is 4.44. The Bertz CT molecular complexity index is 841. The predicted molar refractivity (Wildman–Crippen MR) is 112 cm³/mol. The highest BCUT2D eigenvalue weighted by molar-refractivity contribution is 5.83. The topological polar surface area (TPSA) is 66.8 Å². The van der Waals surface area contributed by atoms with Gasteiger partial charge in [0.05, 0.1) is 5.41 Å². The minimum absolute atomic E-state index is 0.0289. The Hall–Kier alpha value is -2.82. The van der Waals surface area contributed by atoms with E-state index in [-0.39, 0.29) is 12.5 Å². The summed E-state index contributed by atoms with van der Waals surface area (Å²) in [5, 5.41) is 9.90. The summed E-state index contributed by atoms with van der Waals surface area (Å²) in [7, 11) is 0. The highest BCUT2D eigenvalue weighted by atomic mass is 16.5. The monoisotopic (exact) mass is 395 g/mol.